The van der Waals surface area contributed by atoms with Crippen molar-refractivity contribution in [1.82, 2.24) is 4.98 Å². The lowest BCUT2D eigenvalue weighted by atomic mass is 10.1. The summed E-state index contributed by atoms with van der Waals surface area (Å²) < 4.78 is 5.37. The van der Waals surface area contributed by atoms with Crippen LogP contribution in [0.3, 0.4) is 0 Å². The van der Waals surface area contributed by atoms with Crippen molar-refractivity contribution in [3.63, 3.8) is 0 Å². The van der Waals surface area contributed by atoms with E-state index in [0.717, 1.165) is 22.1 Å². The lowest BCUT2D eigenvalue weighted by Crippen LogP contribution is -2.25. The van der Waals surface area contributed by atoms with Gasteiger partial charge in [-0.25, -0.2) is 4.98 Å². The molecule has 0 atom stereocenters. The maximum absolute atomic E-state index is 11.4. The summed E-state index contributed by atoms with van der Waals surface area (Å²) in [6, 6.07) is 13.6. The quantitative estimate of drug-likeness (QED) is 0.686. The average molecular weight is 386 g/mol. The van der Waals surface area contributed by atoms with Gasteiger partial charge in [0.15, 0.2) is 11.7 Å². The fourth-order valence-corrected chi connectivity index (χ4v) is 3.66. The van der Waals surface area contributed by atoms with E-state index in [1.807, 2.05) is 48.7 Å². The first kappa shape index (κ1) is 16.9. The summed E-state index contributed by atoms with van der Waals surface area (Å²) in [5.74, 6) is 0.572. The zero-order chi connectivity index (χ0) is 17.9. The number of anilines is 2. The Hall–Kier alpha value is -2.57. The van der Waals surface area contributed by atoms with E-state index in [1.54, 1.807) is 11.3 Å². The van der Waals surface area contributed by atoms with Crippen molar-refractivity contribution >= 4 is 39.7 Å². The molecule has 5 nitrogen and oxygen atoms in total. The van der Waals surface area contributed by atoms with Crippen LogP contribution in [-0.2, 0) is 17.8 Å². The molecule has 1 aliphatic heterocycles. The molecule has 0 bridgehead atoms. The number of carbonyl (C=O) groups is 1. The van der Waals surface area contributed by atoms with Gasteiger partial charge in [0.1, 0.15) is 5.75 Å². The molecule has 1 aromatic heterocycles. The molecule has 0 fully saturated rings. The first-order chi connectivity index (χ1) is 12.7. The number of ether oxygens (including phenoxy) is 1. The van der Waals surface area contributed by atoms with Gasteiger partial charge in [-0.1, -0.05) is 29.8 Å². The van der Waals surface area contributed by atoms with E-state index in [0.29, 0.717) is 18.0 Å². The Morgan fingerprint density at radius 3 is 2.85 bits per heavy atom. The van der Waals surface area contributed by atoms with Crippen LogP contribution in [0.5, 0.6) is 5.75 Å². The van der Waals surface area contributed by atoms with Gasteiger partial charge in [0.25, 0.3) is 5.91 Å². The minimum atomic E-state index is -0.130. The lowest BCUT2D eigenvalue weighted by Gasteiger charge is -2.18. The highest BCUT2D eigenvalue weighted by molar-refractivity contribution is 7.15. The molecule has 2 N–H and O–H groups in total. The van der Waals surface area contributed by atoms with E-state index in [4.69, 9.17) is 16.3 Å². The highest BCUT2D eigenvalue weighted by Gasteiger charge is 2.15. The molecule has 0 unspecified atom stereocenters. The maximum Gasteiger partial charge on any atom is 0.262 e. The Labute approximate surface area is 160 Å². The number of nitrogens with one attached hydrogen (secondary N) is 2. The van der Waals surface area contributed by atoms with Gasteiger partial charge in [0.05, 0.1) is 5.69 Å². The van der Waals surface area contributed by atoms with Gasteiger partial charge in [-0.2, -0.15) is 0 Å². The molecule has 0 radical (unpaired) electrons. The summed E-state index contributed by atoms with van der Waals surface area (Å²) in [4.78, 5) is 17.0. The van der Waals surface area contributed by atoms with Crippen molar-refractivity contribution in [3.05, 3.63) is 69.7 Å². The maximum atomic E-state index is 11.4. The molecule has 132 valence electrons. The number of hydrogen-bond donors (Lipinski definition) is 2. The third-order valence-corrected chi connectivity index (χ3v) is 5.17. The Morgan fingerprint density at radius 2 is 2.00 bits per heavy atom. The number of carbonyl (C=O) groups excluding carboxylic acids is 1. The van der Waals surface area contributed by atoms with E-state index in [2.05, 4.69) is 15.6 Å². The van der Waals surface area contributed by atoms with Crippen molar-refractivity contribution in [2.24, 2.45) is 0 Å². The van der Waals surface area contributed by atoms with Crippen LogP contribution in [-0.4, -0.2) is 17.5 Å². The van der Waals surface area contributed by atoms with Crippen molar-refractivity contribution in [2.45, 2.75) is 13.0 Å². The van der Waals surface area contributed by atoms with Crippen LogP contribution in [0.25, 0.3) is 0 Å². The minimum Gasteiger partial charge on any atom is -0.482 e. The Morgan fingerprint density at radius 1 is 1.19 bits per heavy atom. The molecule has 0 spiro atoms. The molecule has 26 heavy (non-hydrogen) atoms. The molecule has 4 rings (SSSR count). The fourth-order valence-electron chi connectivity index (χ4n) is 2.69. The Balaban J connectivity index is 1.38. The van der Waals surface area contributed by atoms with Crippen LogP contribution in [0.1, 0.15) is 16.0 Å². The number of aromatic nitrogens is 1. The Kier molecular flexibility index (Phi) is 4.77. The van der Waals surface area contributed by atoms with Crippen LogP contribution in [0.2, 0.25) is 5.02 Å². The lowest BCUT2D eigenvalue weighted by molar-refractivity contribution is -0.118. The van der Waals surface area contributed by atoms with Crippen LogP contribution >= 0.6 is 22.9 Å². The van der Waals surface area contributed by atoms with Crippen LogP contribution < -0.4 is 15.4 Å². The van der Waals surface area contributed by atoms with Crippen molar-refractivity contribution in [1.29, 1.82) is 0 Å². The molecular weight excluding hydrogens is 370 g/mol. The third kappa shape index (κ3) is 3.98. The van der Waals surface area contributed by atoms with Gasteiger partial charge in [-0.3, -0.25) is 4.79 Å². The third-order valence-electron chi connectivity index (χ3n) is 3.97. The number of benzene rings is 2. The topological polar surface area (TPSA) is 63.2 Å². The molecule has 1 amide bonds. The second kappa shape index (κ2) is 7.35. The average Bonchev–Trinajstić information content (AvgIpc) is 3.09. The first-order valence-electron chi connectivity index (χ1n) is 8.14. The van der Waals surface area contributed by atoms with Gasteiger partial charge in [0, 0.05) is 29.1 Å². The summed E-state index contributed by atoms with van der Waals surface area (Å²) in [7, 11) is 0. The number of rotatable bonds is 5. The summed E-state index contributed by atoms with van der Waals surface area (Å²) in [6.45, 7) is 0.692. The molecule has 0 saturated heterocycles. The van der Waals surface area contributed by atoms with E-state index in [-0.39, 0.29) is 12.5 Å². The number of nitrogens with zero attached hydrogens (tertiary/aromatic N) is 1. The molecule has 0 aliphatic carbocycles. The standard InChI is InChI=1S/C19H16ClN3O2S/c20-14-4-1-12(2-5-14)7-15-10-22-19(26-15)21-9-13-3-6-17-16(8-13)23-18(24)11-25-17/h1-6,8,10H,7,9,11H2,(H,21,22)(H,23,24). The number of thiazole rings is 1. The van der Waals surface area contributed by atoms with Gasteiger partial charge < -0.3 is 15.4 Å². The second-order valence-corrected chi connectivity index (χ2v) is 7.51. The molecular formula is C19H16ClN3O2S. The van der Waals surface area contributed by atoms with Gasteiger partial charge in [0.2, 0.25) is 0 Å². The summed E-state index contributed by atoms with van der Waals surface area (Å²) in [6.07, 6.45) is 2.72. The van der Waals surface area contributed by atoms with Crippen molar-refractivity contribution in [2.75, 3.05) is 17.2 Å². The number of halogens is 1. The van der Waals surface area contributed by atoms with Gasteiger partial charge >= 0.3 is 0 Å². The highest BCUT2D eigenvalue weighted by atomic mass is 35.5. The predicted octanol–water partition coefficient (Wildman–Crippen LogP) is 4.33. The molecule has 2 heterocycles. The molecule has 7 heteroatoms. The van der Waals surface area contributed by atoms with Crippen LogP contribution in [0, 0.1) is 0 Å². The largest absolute Gasteiger partial charge is 0.482 e. The van der Waals surface area contributed by atoms with Crippen LogP contribution in [0.15, 0.2) is 48.7 Å². The van der Waals surface area contributed by atoms with Gasteiger partial charge in [-0.05, 0) is 35.4 Å². The minimum absolute atomic E-state index is 0.0696. The molecule has 3 aromatic rings. The number of fused-ring (bicyclic) bond motifs is 1. The fraction of sp³-hybridized carbons (Fsp3) is 0.158. The summed E-state index contributed by atoms with van der Waals surface area (Å²) in [5.41, 5.74) is 2.96. The van der Waals surface area contributed by atoms with E-state index < -0.39 is 0 Å². The van der Waals surface area contributed by atoms with Crippen molar-refractivity contribution < 1.29 is 9.53 Å². The van der Waals surface area contributed by atoms with Crippen molar-refractivity contribution in [3.8, 4) is 5.75 Å². The number of amides is 1. The second-order valence-electron chi connectivity index (χ2n) is 5.96. The molecule has 2 aromatic carbocycles. The van der Waals surface area contributed by atoms with E-state index in [1.165, 1.54) is 10.4 Å². The molecule has 1 aliphatic rings. The van der Waals surface area contributed by atoms with E-state index in [9.17, 15) is 4.79 Å². The first-order valence-corrected chi connectivity index (χ1v) is 9.34. The molecule has 0 saturated carbocycles. The highest BCUT2D eigenvalue weighted by Crippen LogP contribution is 2.29. The zero-order valence-corrected chi connectivity index (χ0v) is 15.4. The number of hydrogen-bond acceptors (Lipinski definition) is 5. The smallest absolute Gasteiger partial charge is 0.262 e. The summed E-state index contributed by atoms with van der Waals surface area (Å²) >= 11 is 7.55. The predicted molar refractivity (Wildman–Crippen MR) is 104 cm³/mol. The summed E-state index contributed by atoms with van der Waals surface area (Å²) in [5, 5.41) is 7.76. The van der Waals surface area contributed by atoms with Crippen LogP contribution in [0.4, 0.5) is 10.8 Å². The Bertz CT molecular complexity index is 940. The normalized spacial score (nSPS) is 12.9. The van der Waals surface area contributed by atoms with Gasteiger partial charge in [-0.15, -0.1) is 11.3 Å². The van der Waals surface area contributed by atoms with E-state index >= 15 is 0 Å². The SMILES string of the molecule is O=C1COc2ccc(CNc3ncc(Cc4ccc(Cl)cc4)s3)cc2N1. The monoisotopic (exact) mass is 385 g/mol. The zero-order valence-electron chi connectivity index (χ0n) is 13.8.